The summed E-state index contributed by atoms with van der Waals surface area (Å²) >= 11 is 6.95. The number of amides is 1. The maximum absolute atomic E-state index is 15.2. The van der Waals surface area contributed by atoms with Crippen molar-refractivity contribution in [3.63, 3.8) is 0 Å². The molecule has 1 saturated heterocycles. The Morgan fingerprint density at radius 2 is 2.00 bits per heavy atom. The summed E-state index contributed by atoms with van der Waals surface area (Å²) in [5.74, 6) is -0.460. The van der Waals surface area contributed by atoms with Crippen molar-refractivity contribution in [3.8, 4) is 28.3 Å². The van der Waals surface area contributed by atoms with Crippen LogP contribution in [0, 0.1) is 5.82 Å². The summed E-state index contributed by atoms with van der Waals surface area (Å²) in [6, 6.07) is 12.8. The van der Waals surface area contributed by atoms with E-state index in [1.807, 2.05) is 43.0 Å². The Balaban J connectivity index is 1.69. The molecule has 2 aliphatic heterocycles. The first-order valence-corrected chi connectivity index (χ1v) is 13.8. The zero-order valence-corrected chi connectivity index (χ0v) is 23.4. The number of phenols is 1. The van der Waals surface area contributed by atoms with Crippen molar-refractivity contribution in [2.45, 2.75) is 25.8 Å². The Morgan fingerprint density at radius 3 is 2.73 bits per heavy atom. The van der Waals surface area contributed by atoms with Crippen molar-refractivity contribution >= 4 is 34.2 Å². The van der Waals surface area contributed by atoms with Crippen molar-refractivity contribution in [1.29, 1.82) is 0 Å². The van der Waals surface area contributed by atoms with Gasteiger partial charge in [0.05, 0.1) is 33.2 Å². The first kappa shape index (κ1) is 26.8. The molecule has 2 aliphatic rings. The van der Waals surface area contributed by atoms with Gasteiger partial charge in [-0.05, 0) is 41.8 Å². The number of aromatic nitrogens is 2. The fourth-order valence-electron chi connectivity index (χ4n) is 5.82. The molecule has 3 aromatic carbocycles. The fourth-order valence-corrected chi connectivity index (χ4v) is 6.11. The largest absolute Gasteiger partial charge is 0.507 e. The van der Waals surface area contributed by atoms with Gasteiger partial charge in [-0.2, -0.15) is 4.98 Å². The molecule has 6 rings (SSSR count). The van der Waals surface area contributed by atoms with E-state index < -0.39 is 11.5 Å². The van der Waals surface area contributed by atoms with Crippen LogP contribution in [-0.4, -0.2) is 57.7 Å². The van der Waals surface area contributed by atoms with E-state index in [9.17, 15) is 14.7 Å². The van der Waals surface area contributed by atoms with E-state index in [1.165, 1.54) is 28.8 Å². The van der Waals surface area contributed by atoms with Crippen molar-refractivity contribution in [2.75, 3.05) is 31.1 Å². The van der Waals surface area contributed by atoms with Gasteiger partial charge in [0.25, 0.3) is 0 Å². The Bertz CT molecular complexity index is 1770. The molecule has 1 N–H and O–H groups in total. The lowest BCUT2D eigenvalue weighted by atomic mass is 9.99. The number of nitrogens with zero attached hydrogens (tertiary/aromatic N) is 4. The second kappa shape index (κ2) is 10.2. The van der Waals surface area contributed by atoms with Crippen LogP contribution in [-0.2, 0) is 4.79 Å². The van der Waals surface area contributed by atoms with Gasteiger partial charge in [0.1, 0.15) is 24.0 Å². The van der Waals surface area contributed by atoms with Crippen LogP contribution in [0.4, 0.5) is 10.2 Å². The van der Waals surface area contributed by atoms with Crippen LogP contribution in [0.15, 0.2) is 66.0 Å². The molecular formula is C31H28ClFN4O4. The smallest absolute Gasteiger partial charge is 0.354 e. The number of hydrogen-bond acceptors (Lipinski definition) is 6. The van der Waals surface area contributed by atoms with Gasteiger partial charge in [-0.15, -0.1) is 0 Å². The van der Waals surface area contributed by atoms with E-state index in [-0.39, 0.29) is 52.1 Å². The number of piperazine rings is 1. The van der Waals surface area contributed by atoms with Crippen LogP contribution < -0.4 is 15.3 Å². The molecule has 0 bridgehead atoms. The summed E-state index contributed by atoms with van der Waals surface area (Å²) < 4.78 is 23.0. The third kappa shape index (κ3) is 4.32. The predicted molar refractivity (Wildman–Crippen MR) is 157 cm³/mol. The topological polar surface area (TPSA) is 87.9 Å². The summed E-state index contributed by atoms with van der Waals surface area (Å²) in [6.45, 7) is 8.95. The molecule has 0 radical (unpaired) electrons. The van der Waals surface area contributed by atoms with Crippen molar-refractivity contribution < 1.29 is 19.0 Å². The number of fused-ring (bicyclic) bond motifs is 2. The van der Waals surface area contributed by atoms with E-state index in [4.69, 9.17) is 16.3 Å². The van der Waals surface area contributed by atoms with E-state index in [0.29, 0.717) is 42.0 Å². The highest BCUT2D eigenvalue weighted by Crippen LogP contribution is 2.48. The fraction of sp³-hybridized carbons (Fsp3) is 0.258. The average Bonchev–Trinajstić information content (AvgIpc) is 3.12. The highest BCUT2D eigenvalue weighted by atomic mass is 35.5. The van der Waals surface area contributed by atoms with Gasteiger partial charge in [0, 0.05) is 25.2 Å². The quantitative estimate of drug-likeness (QED) is 0.334. The second-order valence-corrected chi connectivity index (χ2v) is 10.9. The first-order valence-electron chi connectivity index (χ1n) is 13.4. The molecule has 4 aromatic rings. The number of anilines is 1. The molecule has 1 aromatic heterocycles. The Labute approximate surface area is 240 Å². The summed E-state index contributed by atoms with van der Waals surface area (Å²) in [5, 5.41) is 11.3. The summed E-state index contributed by atoms with van der Waals surface area (Å²) in [4.78, 5) is 34.6. The monoisotopic (exact) mass is 574 g/mol. The minimum absolute atomic E-state index is 0.0847. The highest BCUT2D eigenvalue weighted by molar-refractivity contribution is 6.36. The normalized spacial score (nSPS) is 16.4. The second-order valence-electron chi connectivity index (χ2n) is 10.5. The Morgan fingerprint density at radius 1 is 1.22 bits per heavy atom. The number of carbonyl (C=O) groups excluding carboxylic acids is 1. The number of para-hydroxylation sites is 1. The maximum atomic E-state index is 15.2. The lowest BCUT2D eigenvalue weighted by Crippen LogP contribution is -2.56. The van der Waals surface area contributed by atoms with Crippen LogP contribution in [0.3, 0.4) is 0 Å². The molecular weight excluding hydrogens is 547 g/mol. The van der Waals surface area contributed by atoms with Crippen molar-refractivity contribution in [2.24, 2.45) is 0 Å². The lowest BCUT2D eigenvalue weighted by Gasteiger charge is -2.40. The molecule has 1 fully saturated rings. The van der Waals surface area contributed by atoms with Gasteiger partial charge in [-0.25, -0.2) is 9.18 Å². The molecule has 3 heterocycles. The molecule has 0 saturated carbocycles. The molecule has 0 spiro atoms. The minimum atomic E-state index is -0.672. The number of halogens is 2. The number of benzene rings is 3. The number of rotatable bonds is 4. The van der Waals surface area contributed by atoms with E-state index in [1.54, 1.807) is 11.0 Å². The number of carbonyl (C=O) groups is 1. The van der Waals surface area contributed by atoms with Crippen molar-refractivity contribution in [1.82, 2.24) is 14.5 Å². The van der Waals surface area contributed by atoms with Gasteiger partial charge in [-0.1, -0.05) is 56.3 Å². The van der Waals surface area contributed by atoms with Gasteiger partial charge in [0.2, 0.25) is 5.91 Å². The van der Waals surface area contributed by atoms with Crippen LogP contribution in [0.1, 0.15) is 25.3 Å². The van der Waals surface area contributed by atoms with Crippen LogP contribution in [0.5, 0.6) is 11.5 Å². The van der Waals surface area contributed by atoms with E-state index in [2.05, 4.69) is 11.6 Å². The van der Waals surface area contributed by atoms with Crippen LogP contribution in [0.25, 0.3) is 27.7 Å². The zero-order chi connectivity index (χ0) is 29.0. The molecule has 10 heteroatoms. The molecule has 1 atom stereocenters. The van der Waals surface area contributed by atoms with E-state index in [0.717, 1.165) is 5.56 Å². The summed E-state index contributed by atoms with van der Waals surface area (Å²) in [7, 11) is 0. The van der Waals surface area contributed by atoms with Gasteiger partial charge in [0.15, 0.2) is 5.75 Å². The molecule has 1 amide bonds. The highest BCUT2D eigenvalue weighted by Gasteiger charge is 2.37. The van der Waals surface area contributed by atoms with Crippen LogP contribution in [0.2, 0.25) is 5.02 Å². The number of phenolic OH excluding ortho intramolecular Hbond substituents is 1. The number of hydrogen-bond donors (Lipinski definition) is 1. The SMILES string of the molecule is C=CC(=O)N1CCN2c3nc(=O)n(-c4ccccc4C(C)C)c4cc(-c5c(O)cccc5F)c(Cl)c(c34)OCC2C1. The zero-order valence-electron chi connectivity index (χ0n) is 22.6. The lowest BCUT2D eigenvalue weighted by molar-refractivity contribution is -0.126. The molecule has 0 aliphatic carbocycles. The third-order valence-electron chi connectivity index (χ3n) is 7.78. The standard InChI is InChI=1S/C31H28ClFN4O4/c1-4-25(39)35-12-13-36-18(15-35)16-41-29-27-23(14-20(28(29)32)26-21(33)9-7-11-24(26)38)37(31(40)34-30(27)36)22-10-6-5-8-19(22)17(2)3/h4-11,14,17-18,38H,1,12-13,15-16H2,2-3H3. The van der Waals surface area contributed by atoms with Crippen LogP contribution >= 0.6 is 11.6 Å². The van der Waals surface area contributed by atoms with Crippen molar-refractivity contribution in [3.05, 3.63) is 88.1 Å². The Hall–Kier alpha value is -4.37. The molecule has 1 unspecified atom stereocenters. The predicted octanol–water partition coefficient (Wildman–Crippen LogP) is 5.27. The third-order valence-corrected chi connectivity index (χ3v) is 8.15. The summed E-state index contributed by atoms with van der Waals surface area (Å²) in [6.07, 6.45) is 1.27. The first-order chi connectivity index (χ1) is 19.7. The molecule has 8 nitrogen and oxygen atoms in total. The van der Waals surface area contributed by atoms with E-state index >= 15 is 4.39 Å². The van der Waals surface area contributed by atoms with Gasteiger partial charge < -0.3 is 19.6 Å². The molecule has 210 valence electrons. The minimum Gasteiger partial charge on any atom is -0.507 e. The maximum Gasteiger partial charge on any atom is 0.354 e. The number of ether oxygens (including phenoxy) is 1. The van der Waals surface area contributed by atoms with Gasteiger partial charge in [-0.3, -0.25) is 9.36 Å². The number of aromatic hydroxyl groups is 1. The van der Waals surface area contributed by atoms with Gasteiger partial charge >= 0.3 is 5.69 Å². The molecule has 41 heavy (non-hydrogen) atoms. The average molecular weight is 575 g/mol. The Kier molecular flexibility index (Phi) is 6.69. The summed E-state index contributed by atoms with van der Waals surface area (Å²) in [5.41, 5.74) is 1.52.